The Kier molecular flexibility index (Phi) is 6.90. The van der Waals surface area contributed by atoms with Crippen LogP contribution in [0.3, 0.4) is 0 Å². The normalized spacial score (nSPS) is 13.2. The van der Waals surface area contributed by atoms with Crippen molar-refractivity contribution in [3.8, 4) is 0 Å². The number of carbonyl (C=O) groups is 2. The molecule has 0 aliphatic rings. The van der Waals surface area contributed by atoms with Gasteiger partial charge in [-0.1, -0.05) is 0 Å². The molecule has 2 atom stereocenters. The molecule has 0 saturated heterocycles. The SMILES string of the molecule is O=C(O)C(Cc1cc(I)ccn1)C(Cc1cc(I)ccn1)C(=O)O. The van der Waals surface area contributed by atoms with E-state index in [4.69, 9.17) is 0 Å². The van der Waals surface area contributed by atoms with Crippen molar-refractivity contribution in [2.75, 3.05) is 0 Å². The summed E-state index contributed by atoms with van der Waals surface area (Å²) in [6.45, 7) is 0. The smallest absolute Gasteiger partial charge is 0.307 e. The third-order valence-corrected chi connectivity index (χ3v) is 4.88. The van der Waals surface area contributed by atoms with Crippen LogP contribution in [0, 0.1) is 19.0 Å². The minimum atomic E-state index is -1.14. The van der Waals surface area contributed by atoms with E-state index in [1.165, 1.54) is 0 Å². The fraction of sp³-hybridized carbons (Fsp3) is 0.250. The van der Waals surface area contributed by atoms with Gasteiger partial charge in [-0.05, 0) is 69.4 Å². The Morgan fingerprint density at radius 2 is 1.25 bits per heavy atom. The molecule has 2 rings (SSSR count). The molecular formula is C16H14I2N2O4. The van der Waals surface area contributed by atoms with Crippen LogP contribution in [-0.4, -0.2) is 32.1 Å². The van der Waals surface area contributed by atoms with E-state index in [-0.39, 0.29) is 12.8 Å². The molecular weight excluding hydrogens is 538 g/mol. The number of carboxylic acid groups (broad SMARTS) is 2. The number of nitrogens with zero attached hydrogens (tertiary/aromatic N) is 2. The third-order valence-electron chi connectivity index (χ3n) is 3.54. The molecule has 8 heteroatoms. The van der Waals surface area contributed by atoms with Gasteiger partial charge in [0.05, 0.1) is 11.8 Å². The molecule has 2 aromatic rings. The number of pyridine rings is 2. The lowest BCUT2D eigenvalue weighted by molar-refractivity contribution is -0.153. The summed E-state index contributed by atoms with van der Waals surface area (Å²) < 4.78 is 1.85. The van der Waals surface area contributed by atoms with Gasteiger partial charge in [-0.3, -0.25) is 19.6 Å². The van der Waals surface area contributed by atoms with E-state index in [2.05, 4.69) is 55.1 Å². The number of halogens is 2. The molecule has 24 heavy (non-hydrogen) atoms. The van der Waals surface area contributed by atoms with Crippen LogP contribution >= 0.6 is 45.2 Å². The quantitative estimate of drug-likeness (QED) is 0.513. The first kappa shape index (κ1) is 19.0. The van der Waals surface area contributed by atoms with Gasteiger partial charge in [0, 0.05) is 43.8 Å². The highest BCUT2D eigenvalue weighted by molar-refractivity contribution is 14.1. The van der Waals surface area contributed by atoms with Crippen LogP contribution in [0.2, 0.25) is 0 Å². The summed E-state index contributed by atoms with van der Waals surface area (Å²) in [7, 11) is 0. The summed E-state index contributed by atoms with van der Waals surface area (Å²) in [5.41, 5.74) is 1.13. The monoisotopic (exact) mass is 552 g/mol. The fourth-order valence-electron chi connectivity index (χ4n) is 2.37. The number of hydrogen-bond acceptors (Lipinski definition) is 4. The molecule has 0 radical (unpaired) electrons. The lowest BCUT2D eigenvalue weighted by Crippen LogP contribution is -2.33. The van der Waals surface area contributed by atoms with E-state index < -0.39 is 23.8 Å². The maximum absolute atomic E-state index is 11.7. The average Bonchev–Trinajstić information content (AvgIpc) is 2.50. The molecule has 2 N–H and O–H groups in total. The van der Waals surface area contributed by atoms with Gasteiger partial charge < -0.3 is 10.2 Å². The van der Waals surface area contributed by atoms with Crippen molar-refractivity contribution in [1.82, 2.24) is 9.97 Å². The first-order valence-corrected chi connectivity index (χ1v) is 9.19. The van der Waals surface area contributed by atoms with Crippen LogP contribution in [-0.2, 0) is 22.4 Å². The van der Waals surface area contributed by atoms with Crippen LogP contribution in [0.25, 0.3) is 0 Å². The molecule has 0 amide bonds. The molecule has 2 unspecified atom stereocenters. The molecule has 0 fully saturated rings. The molecule has 126 valence electrons. The minimum absolute atomic E-state index is 0.0626. The number of rotatable bonds is 7. The Morgan fingerprint density at radius 3 is 1.54 bits per heavy atom. The van der Waals surface area contributed by atoms with Crippen molar-refractivity contribution in [2.24, 2.45) is 11.8 Å². The Labute approximate surface area is 166 Å². The zero-order valence-corrected chi connectivity index (χ0v) is 16.7. The van der Waals surface area contributed by atoms with E-state index in [1.54, 1.807) is 36.7 Å². The van der Waals surface area contributed by atoms with Crippen molar-refractivity contribution in [2.45, 2.75) is 12.8 Å². The van der Waals surface area contributed by atoms with E-state index in [1.807, 2.05) is 0 Å². The fourth-order valence-corrected chi connectivity index (χ4v) is 3.42. The highest BCUT2D eigenvalue weighted by atomic mass is 127. The zero-order valence-electron chi connectivity index (χ0n) is 12.4. The van der Waals surface area contributed by atoms with Crippen LogP contribution < -0.4 is 0 Å². The summed E-state index contributed by atoms with van der Waals surface area (Å²) in [4.78, 5) is 31.6. The molecule has 0 saturated carbocycles. The lowest BCUT2D eigenvalue weighted by Gasteiger charge is -2.20. The number of carboxylic acids is 2. The molecule has 0 aromatic carbocycles. The first-order valence-electron chi connectivity index (χ1n) is 7.03. The Balaban J connectivity index is 2.27. The summed E-state index contributed by atoms with van der Waals surface area (Å²) in [6.07, 6.45) is 3.31. The van der Waals surface area contributed by atoms with Gasteiger partial charge in [0.25, 0.3) is 0 Å². The van der Waals surface area contributed by atoms with Gasteiger partial charge in [-0.15, -0.1) is 0 Å². The average molecular weight is 552 g/mol. The summed E-state index contributed by atoms with van der Waals surface area (Å²) in [5, 5.41) is 19.1. The van der Waals surface area contributed by atoms with Gasteiger partial charge in [0.15, 0.2) is 0 Å². The minimum Gasteiger partial charge on any atom is -0.481 e. The van der Waals surface area contributed by atoms with Crippen molar-refractivity contribution in [3.05, 3.63) is 55.2 Å². The van der Waals surface area contributed by atoms with Gasteiger partial charge >= 0.3 is 11.9 Å². The number of aliphatic carboxylic acids is 2. The molecule has 0 aliphatic carbocycles. The summed E-state index contributed by atoms with van der Waals surface area (Å²) >= 11 is 4.22. The molecule has 2 heterocycles. The second kappa shape index (κ2) is 8.70. The maximum atomic E-state index is 11.7. The highest BCUT2D eigenvalue weighted by Crippen LogP contribution is 2.23. The van der Waals surface area contributed by atoms with Gasteiger partial charge in [0.1, 0.15) is 0 Å². The predicted molar refractivity (Wildman–Crippen MR) is 104 cm³/mol. The Bertz CT molecular complexity index is 691. The van der Waals surface area contributed by atoms with E-state index >= 15 is 0 Å². The Morgan fingerprint density at radius 1 is 0.875 bits per heavy atom. The van der Waals surface area contributed by atoms with Crippen molar-refractivity contribution in [1.29, 1.82) is 0 Å². The number of aromatic nitrogens is 2. The molecule has 0 bridgehead atoms. The van der Waals surface area contributed by atoms with Crippen LogP contribution in [0.4, 0.5) is 0 Å². The standard InChI is InChI=1S/C16H14I2N2O4/c17-9-1-3-19-11(5-9)7-13(15(21)22)14(16(23)24)8-12-6-10(18)2-4-20-12/h1-6,13-14H,7-8H2,(H,21,22)(H,23,24). The van der Waals surface area contributed by atoms with E-state index in [0.29, 0.717) is 11.4 Å². The molecule has 0 spiro atoms. The first-order chi connectivity index (χ1) is 11.4. The van der Waals surface area contributed by atoms with Crippen LogP contribution in [0.15, 0.2) is 36.7 Å². The second-order valence-corrected chi connectivity index (χ2v) is 7.72. The predicted octanol–water partition coefficient (Wildman–Crippen LogP) is 2.87. The van der Waals surface area contributed by atoms with Gasteiger partial charge in [-0.2, -0.15) is 0 Å². The molecule has 6 nitrogen and oxygen atoms in total. The van der Waals surface area contributed by atoms with Gasteiger partial charge in [0.2, 0.25) is 0 Å². The number of hydrogen-bond donors (Lipinski definition) is 2. The highest BCUT2D eigenvalue weighted by Gasteiger charge is 2.34. The van der Waals surface area contributed by atoms with E-state index in [9.17, 15) is 19.8 Å². The maximum Gasteiger partial charge on any atom is 0.307 e. The van der Waals surface area contributed by atoms with Gasteiger partial charge in [-0.25, -0.2) is 0 Å². The lowest BCUT2D eigenvalue weighted by atomic mass is 9.85. The summed E-state index contributed by atoms with van der Waals surface area (Å²) in [6, 6.07) is 7.12. The van der Waals surface area contributed by atoms with Crippen molar-refractivity contribution in [3.63, 3.8) is 0 Å². The largest absolute Gasteiger partial charge is 0.481 e. The topological polar surface area (TPSA) is 100 Å². The van der Waals surface area contributed by atoms with Crippen LogP contribution in [0.1, 0.15) is 11.4 Å². The van der Waals surface area contributed by atoms with Crippen molar-refractivity contribution >= 4 is 57.1 Å². The summed E-state index contributed by atoms with van der Waals surface area (Å²) in [5.74, 6) is -4.44. The van der Waals surface area contributed by atoms with E-state index in [0.717, 1.165) is 7.14 Å². The molecule has 0 aliphatic heterocycles. The Hall–Kier alpha value is -1.30. The third kappa shape index (κ3) is 5.36. The van der Waals surface area contributed by atoms with Crippen molar-refractivity contribution < 1.29 is 19.8 Å². The van der Waals surface area contributed by atoms with Crippen LogP contribution in [0.5, 0.6) is 0 Å². The zero-order chi connectivity index (χ0) is 17.7. The second-order valence-electron chi connectivity index (χ2n) is 5.23. The molecule has 2 aromatic heterocycles.